The summed E-state index contributed by atoms with van der Waals surface area (Å²) in [5.74, 6) is 0. The topological polar surface area (TPSA) is 32.3 Å². The second kappa shape index (κ2) is 6.28. The first-order valence-electron chi connectivity index (χ1n) is 6.12. The van der Waals surface area contributed by atoms with Gasteiger partial charge in [-0.2, -0.15) is 0 Å². The third-order valence-corrected chi connectivity index (χ3v) is 2.80. The third-order valence-electron chi connectivity index (χ3n) is 2.80. The second-order valence-electron chi connectivity index (χ2n) is 4.57. The summed E-state index contributed by atoms with van der Waals surface area (Å²) in [5, 5.41) is 2.85. The van der Waals surface area contributed by atoms with Crippen LogP contribution in [0.1, 0.15) is 30.9 Å². The molecule has 0 spiro atoms. The lowest BCUT2D eigenvalue weighted by atomic mass is 10.0. The fourth-order valence-electron chi connectivity index (χ4n) is 1.66. The zero-order chi connectivity index (χ0) is 12.8. The average molecular weight is 234 g/mol. The van der Waals surface area contributed by atoms with Crippen molar-refractivity contribution < 1.29 is 4.79 Å². The lowest BCUT2D eigenvalue weighted by molar-refractivity contribution is 0.230. The molecule has 0 radical (unpaired) electrons. The lowest BCUT2D eigenvalue weighted by Gasteiger charge is -2.13. The molecule has 17 heavy (non-hydrogen) atoms. The van der Waals surface area contributed by atoms with Crippen LogP contribution in [-0.2, 0) is 6.42 Å². The first-order chi connectivity index (χ1) is 8.04. The summed E-state index contributed by atoms with van der Waals surface area (Å²) >= 11 is 0. The number of urea groups is 1. The van der Waals surface area contributed by atoms with Gasteiger partial charge in [0, 0.05) is 19.8 Å². The largest absolute Gasteiger partial charge is 0.331 e. The van der Waals surface area contributed by atoms with E-state index in [0.717, 1.165) is 12.1 Å². The normalized spacial score (nSPS) is 10.1. The molecule has 0 atom stereocenters. The van der Waals surface area contributed by atoms with E-state index in [1.807, 2.05) is 12.1 Å². The van der Waals surface area contributed by atoms with Crippen LogP contribution in [0.3, 0.4) is 0 Å². The van der Waals surface area contributed by atoms with Gasteiger partial charge in [-0.15, -0.1) is 0 Å². The summed E-state index contributed by atoms with van der Waals surface area (Å²) in [6.07, 6.45) is 3.53. The number of carbonyl (C=O) groups is 1. The van der Waals surface area contributed by atoms with Crippen LogP contribution < -0.4 is 5.32 Å². The number of hydrogen-bond acceptors (Lipinski definition) is 1. The van der Waals surface area contributed by atoms with Crippen molar-refractivity contribution >= 4 is 11.7 Å². The zero-order valence-electron chi connectivity index (χ0n) is 11.2. The van der Waals surface area contributed by atoms with E-state index < -0.39 is 0 Å². The van der Waals surface area contributed by atoms with Crippen molar-refractivity contribution in [3.63, 3.8) is 0 Å². The van der Waals surface area contributed by atoms with E-state index in [-0.39, 0.29) is 6.03 Å². The minimum atomic E-state index is -0.0919. The van der Waals surface area contributed by atoms with E-state index in [1.165, 1.54) is 28.9 Å². The molecule has 0 fully saturated rings. The monoisotopic (exact) mass is 234 g/mol. The molecule has 0 unspecified atom stereocenters. The molecule has 1 aromatic carbocycles. The van der Waals surface area contributed by atoms with Crippen LogP contribution >= 0.6 is 0 Å². The number of hydrogen-bond donors (Lipinski definition) is 1. The molecule has 1 aromatic rings. The highest BCUT2D eigenvalue weighted by Crippen LogP contribution is 2.17. The third kappa shape index (κ3) is 4.10. The summed E-state index contributed by atoms with van der Waals surface area (Å²) in [6.45, 7) is 4.29. The Kier molecular flexibility index (Phi) is 5.01. The molecule has 1 rings (SSSR count). The van der Waals surface area contributed by atoms with Crippen LogP contribution in [0.5, 0.6) is 0 Å². The van der Waals surface area contributed by atoms with Gasteiger partial charge in [0.1, 0.15) is 0 Å². The van der Waals surface area contributed by atoms with Crippen LogP contribution in [0.15, 0.2) is 18.2 Å². The predicted molar refractivity (Wildman–Crippen MR) is 72.5 cm³/mol. The number of nitrogens with zero attached hydrogens (tertiary/aromatic N) is 1. The Bertz CT molecular complexity index is 386. The number of unbranched alkanes of at least 4 members (excludes halogenated alkanes) is 1. The maximum absolute atomic E-state index is 11.5. The molecule has 94 valence electrons. The Morgan fingerprint density at radius 1 is 1.35 bits per heavy atom. The van der Waals surface area contributed by atoms with Gasteiger partial charge in [0.25, 0.3) is 0 Å². The molecule has 0 aliphatic heterocycles. The highest BCUT2D eigenvalue weighted by Gasteiger charge is 2.05. The molecule has 0 bridgehead atoms. The van der Waals surface area contributed by atoms with Gasteiger partial charge in [0.05, 0.1) is 0 Å². The first kappa shape index (κ1) is 13.6. The van der Waals surface area contributed by atoms with Crippen molar-refractivity contribution in [2.75, 3.05) is 19.4 Å². The molecular formula is C14H22N2O. The highest BCUT2D eigenvalue weighted by atomic mass is 16.2. The highest BCUT2D eigenvalue weighted by molar-refractivity contribution is 5.89. The maximum atomic E-state index is 11.5. The van der Waals surface area contributed by atoms with Gasteiger partial charge < -0.3 is 10.2 Å². The molecular weight excluding hydrogens is 212 g/mol. The maximum Gasteiger partial charge on any atom is 0.321 e. The second-order valence-corrected chi connectivity index (χ2v) is 4.57. The SMILES string of the molecule is CCCCc1ccc(NC(=O)N(C)C)cc1C. The number of nitrogens with one attached hydrogen (secondary N) is 1. The smallest absolute Gasteiger partial charge is 0.321 e. The number of benzene rings is 1. The number of rotatable bonds is 4. The molecule has 0 aromatic heterocycles. The van der Waals surface area contributed by atoms with Crippen LogP contribution in [0.25, 0.3) is 0 Å². The van der Waals surface area contributed by atoms with Gasteiger partial charge in [-0.3, -0.25) is 0 Å². The number of amides is 2. The Labute approximate surface area is 104 Å². The van der Waals surface area contributed by atoms with Gasteiger partial charge in [0.2, 0.25) is 0 Å². The van der Waals surface area contributed by atoms with Crippen molar-refractivity contribution in [1.82, 2.24) is 4.90 Å². The summed E-state index contributed by atoms with van der Waals surface area (Å²) in [6, 6.07) is 6.02. The Morgan fingerprint density at radius 3 is 2.59 bits per heavy atom. The van der Waals surface area contributed by atoms with Crippen molar-refractivity contribution in [2.45, 2.75) is 33.1 Å². The Balaban J connectivity index is 2.71. The molecule has 1 N–H and O–H groups in total. The fraction of sp³-hybridized carbons (Fsp3) is 0.500. The molecule has 0 aliphatic carbocycles. The molecule has 2 amide bonds. The molecule has 0 aliphatic rings. The van der Waals surface area contributed by atoms with Gasteiger partial charge >= 0.3 is 6.03 Å². The van der Waals surface area contributed by atoms with Crippen molar-refractivity contribution in [1.29, 1.82) is 0 Å². The van der Waals surface area contributed by atoms with E-state index in [9.17, 15) is 4.79 Å². The predicted octanol–water partition coefficient (Wildman–Crippen LogP) is 3.43. The van der Waals surface area contributed by atoms with Gasteiger partial charge in [-0.05, 0) is 43.0 Å². The summed E-state index contributed by atoms with van der Waals surface area (Å²) < 4.78 is 0. The Morgan fingerprint density at radius 2 is 2.06 bits per heavy atom. The lowest BCUT2D eigenvalue weighted by Crippen LogP contribution is -2.27. The Hall–Kier alpha value is -1.51. The van der Waals surface area contributed by atoms with Crippen molar-refractivity contribution in [3.8, 4) is 0 Å². The van der Waals surface area contributed by atoms with Gasteiger partial charge in [-0.1, -0.05) is 19.4 Å². The minimum Gasteiger partial charge on any atom is -0.331 e. The zero-order valence-corrected chi connectivity index (χ0v) is 11.2. The van der Waals surface area contributed by atoms with E-state index in [2.05, 4.69) is 25.2 Å². The number of aryl methyl sites for hydroxylation is 2. The summed E-state index contributed by atoms with van der Waals surface area (Å²) in [7, 11) is 3.47. The standard InChI is InChI=1S/C14H22N2O/c1-5-6-7-12-8-9-13(10-11(12)2)15-14(17)16(3)4/h8-10H,5-7H2,1-4H3,(H,15,17). The van der Waals surface area contributed by atoms with Crippen LogP contribution in [-0.4, -0.2) is 25.0 Å². The quantitative estimate of drug-likeness (QED) is 0.850. The van der Waals surface area contributed by atoms with Crippen LogP contribution in [0.4, 0.5) is 10.5 Å². The van der Waals surface area contributed by atoms with Crippen molar-refractivity contribution in [3.05, 3.63) is 29.3 Å². The van der Waals surface area contributed by atoms with E-state index in [1.54, 1.807) is 14.1 Å². The molecule has 3 heteroatoms. The van der Waals surface area contributed by atoms with E-state index in [4.69, 9.17) is 0 Å². The summed E-state index contributed by atoms with van der Waals surface area (Å²) in [4.78, 5) is 13.0. The minimum absolute atomic E-state index is 0.0919. The van der Waals surface area contributed by atoms with Crippen LogP contribution in [0, 0.1) is 6.92 Å². The summed E-state index contributed by atoms with van der Waals surface area (Å²) in [5.41, 5.74) is 3.48. The number of carbonyl (C=O) groups excluding carboxylic acids is 1. The van der Waals surface area contributed by atoms with E-state index >= 15 is 0 Å². The van der Waals surface area contributed by atoms with Gasteiger partial charge in [0.15, 0.2) is 0 Å². The van der Waals surface area contributed by atoms with Gasteiger partial charge in [-0.25, -0.2) is 4.79 Å². The fourth-order valence-corrected chi connectivity index (χ4v) is 1.66. The number of anilines is 1. The van der Waals surface area contributed by atoms with Crippen molar-refractivity contribution in [2.24, 2.45) is 0 Å². The van der Waals surface area contributed by atoms with E-state index in [0.29, 0.717) is 0 Å². The first-order valence-corrected chi connectivity index (χ1v) is 6.12. The molecule has 0 saturated carbocycles. The molecule has 0 saturated heterocycles. The van der Waals surface area contributed by atoms with Crippen LogP contribution in [0.2, 0.25) is 0 Å². The molecule has 3 nitrogen and oxygen atoms in total. The molecule has 0 heterocycles. The average Bonchev–Trinajstić information content (AvgIpc) is 2.28.